The SMILES string of the molecule is CC(C)(C)c1ccc2c(c1)Cc1c-2ccc(C(C)(C)C)[c]1[Zr+2]([C]1=CC=CC1)[CH](c1ccccc1)c1ccccc1.[Cl-].[Cl-]. The van der Waals surface area contributed by atoms with E-state index in [0.717, 1.165) is 12.8 Å². The van der Waals surface area contributed by atoms with Crippen molar-refractivity contribution < 1.29 is 46.6 Å². The number of benzene rings is 4. The van der Waals surface area contributed by atoms with E-state index < -0.39 is 21.8 Å². The molecule has 42 heavy (non-hydrogen) atoms. The molecule has 0 saturated heterocycles. The van der Waals surface area contributed by atoms with Crippen LogP contribution in [0.25, 0.3) is 11.1 Å². The molecule has 0 radical (unpaired) electrons. The second-order valence-electron chi connectivity index (χ2n) is 13.6. The van der Waals surface area contributed by atoms with Gasteiger partial charge < -0.3 is 24.8 Å². The van der Waals surface area contributed by atoms with Gasteiger partial charge in [-0.2, -0.15) is 0 Å². The van der Waals surface area contributed by atoms with Crippen LogP contribution in [-0.2, 0) is 39.0 Å². The largest absolute Gasteiger partial charge is 1.00 e. The van der Waals surface area contributed by atoms with Crippen LogP contribution in [0.15, 0.2) is 113 Å². The molecule has 0 N–H and O–H groups in total. The summed E-state index contributed by atoms with van der Waals surface area (Å²) in [5, 5.41) is 0. The predicted octanol–water partition coefficient (Wildman–Crippen LogP) is 3.74. The minimum atomic E-state index is -2.62. The maximum absolute atomic E-state index is 2.62. The van der Waals surface area contributed by atoms with Crippen LogP contribution in [0.5, 0.6) is 0 Å². The summed E-state index contributed by atoms with van der Waals surface area (Å²) in [6.07, 6.45) is 9.33. The van der Waals surface area contributed by atoms with Crippen LogP contribution < -0.4 is 28.1 Å². The molecule has 0 atom stereocenters. The zero-order valence-electron chi connectivity index (χ0n) is 25.6. The summed E-state index contributed by atoms with van der Waals surface area (Å²) in [5.74, 6) is 0. The molecule has 0 aliphatic heterocycles. The van der Waals surface area contributed by atoms with Gasteiger partial charge in [0.25, 0.3) is 0 Å². The van der Waals surface area contributed by atoms with Crippen molar-refractivity contribution in [3.63, 3.8) is 0 Å². The summed E-state index contributed by atoms with van der Waals surface area (Å²) in [7, 11) is 0. The summed E-state index contributed by atoms with van der Waals surface area (Å²) in [6.45, 7) is 14.2. The van der Waals surface area contributed by atoms with Crippen LogP contribution >= 0.6 is 0 Å². The van der Waals surface area contributed by atoms with Gasteiger partial charge in [-0.05, 0) is 0 Å². The Kier molecular flexibility index (Phi) is 9.99. The minimum Gasteiger partial charge on any atom is -1.00 e. The Morgan fingerprint density at radius 2 is 1.26 bits per heavy atom. The number of hydrogen-bond acceptors (Lipinski definition) is 0. The van der Waals surface area contributed by atoms with Crippen LogP contribution in [0.4, 0.5) is 0 Å². The Morgan fingerprint density at radius 3 is 1.79 bits per heavy atom. The summed E-state index contributed by atoms with van der Waals surface area (Å²) >= 11 is -2.62. The average molecular weight is 672 g/mol. The monoisotopic (exact) mass is 669 g/mol. The fourth-order valence-corrected chi connectivity index (χ4v) is 16.3. The van der Waals surface area contributed by atoms with Crippen LogP contribution in [-0.4, -0.2) is 0 Å². The molecule has 3 heteroatoms. The van der Waals surface area contributed by atoms with Crippen LogP contribution in [0, 0.1) is 0 Å². The van der Waals surface area contributed by atoms with E-state index in [1.54, 1.807) is 17.7 Å². The molecule has 0 amide bonds. The molecule has 6 rings (SSSR count). The van der Waals surface area contributed by atoms with Gasteiger partial charge >= 0.3 is 251 Å². The summed E-state index contributed by atoms with van der Waals surface area (Å²) in [6, 6.07) is 35.0. The number of rotatable bonds is 5. The Labute approximate surface area is 273 Å². The van der Waals surface area contributed by atoms with E-state index in [1.165, 1.54) is 33.4 Å². The van der Waals surface area contributed by atoms with Gasteiger partial charge in [-0.25, -0.2) is 0 Å². The number of halogens is 2. The quantitative estimate of drug-likeness (QED) is 0.267. The van der Waals surface area contributed by atoms with Crippen LogP contribution in [0.2, 0.25) is 0 Å². The minimum absolute atomic E-state index is 0. The molecule has 0 unspecified atom stereocenters. The van der Waals surface area contributed by atoms with E-state index in [9.17, 15) is 0 Å². The normalized spacial score (nSPS) is 13.6. The average Bonchev–Trinajstić information content (AvgIpc) is 3.59. The van der Waals surface area contributed by atoms with Gasteiger partial charge in [0.2, 0.25) is 0 Å². The van der Waals surface area contributed by atoms with E-state index >= 15 is 0 Å². The number of hydrogen-bond donors (Lipinski definition) is 0. The predicted molar refractivity (Wildman–Crippen MR) is 168 cm³/mol. The first kappa shape index (κ1) is 32.7. The van der Waals surface area contributed by atoms with E-state index in [4.69, 9.17) is 0 Å². The van der Waals surface area contributed by atoms with Crippen LogP contribution in [0.1, 0.15) is 85.0 Å². The van der Waals surface area contributed by atoms with Gasteiger partial charge in [0.05, 0.1) is 0 Å². The molecule has 0 heterocycles. The fraction of sp³-hybridized carbons (Fsp3) is 0.282. The van der Waals surface area contributed by atoms with Crippen molar-refractivity contribution in [3.05, 3.63) is 146 Å². The summed E-state index contributed by atoms with van der Waals surface area (Å²) in [5.41, 5.74) is 12.2. The maximum Gasteiger partial charge on any atom is -1.00 e. The van der Waals surface area contributed by atoms with Crippen molar-refractivity contribution in [2.45, 2.75) is 68.8 Å². The Hall–Kier alpha value is -2.18. The van der Waals surface area contributed by atoms with Gasteiger partial charge in [-0.3, -0.25) is 0 Å². The van der Waals surface area contributed by atoms with Crippen molar-refractivity contribution in [2.24, 2.45) is 0 Å². The van der Waals surface area contributed by atoms with E-state index in [-0.39, 0.29) is 35.6 Å². The molecule has 0 bridgehead atoms. The molecular formula is C39H41Cl2Zr. The first-order valence-electron chi connectivity index (χ1n) is 14.8. The molecular weight excluding hydrogens is 631 g/mol. The molecule has 0 saturated carbocycles. The van der Waals surface area contributed by atoms with Gasteiger partial charge in [0.1, 0.15) is 0 Å². The molecule has 4 aromatic rings. The molecule has 215 valence electrons. The van der Waals surface area contributed by atoms with E-state index in [2.05, 4.69) is 151 Å². The smallest absolute Gasteiger partial charge is 1.00 e. The van der Waals surface area contributed by atoms with Crippen molar-refractivity contribution in [1.29, 1.82) is 0 Å². The van der Waals surface area contributed by atoms with Crippen molar-refractivity contribution in [2.75, 3.05) is 0 Å². The van der Waals surface area contributed by atoms with Crippen molar-refractivity contribution >= 4 is 3.27 Å². The molecule has 0 spiro atoms. The number of allylic oxidation sites excluding steroid dienone is 4. The van der Waals surface area contributed by atoms with Gasteiger partial charge in [-0.15, -0.1) is 0 Å². The Bertz CT molecular complexity index is 1560. The third-order valence-corrected chi connectivity index (χ3v) is 17.1. The van der Waals surface area contributed by atoms with Crippen molar-refractivity contribution in [1.82, 2.24) is 0 Å². The molecule has 2 aliphatic carbocycles. The third kappa shape index (κ3) is 6.22. The summed E-state index contributed by atoms with van der Waals surface area (Å²) < 4.78 is 3.89. The third-order valence-electron chi connectivity index (χ3n) is 8.69. The molecule has 0 nitrogen and oxygen atoms in total. The second-order valence-corrected chi connectivity index (χ2v) is 19.8. The number of fused-ring (bicyclic) bond motifs is 3. The zero-order chi connectivity index (χ0) is 28.1. The van der Waals surface area contributed by atoms with E-state index in [0.29, 0.717) is 3.63 Å². The fourth-order valence-electron chi connectivity index (χ4n) is 6.63. The second kappa shape index (κ2) is 12.8. The van der Waals surface area contributed by atoms with Gasteiger partial charge in [0.15, 0.2) is 0 Å². The zero-order valence-corrected chi connectivity index (χ0v) is 29.6. The molecule has 0 aromatic heterocycles. The molecule has 0 fully saturated rings. The Balaban J connectivity index is 0.00000202. The maximum atomic E-state index is 2.50. The molecule has 4 aromatic carbocycles. The van der Waals surface area contributed by atoms with Crippen molar-refractivity contribution in [3.8, 4) is 11.1 Å². The Morgan fingerprint density at radius 1 is 0.667 bits per heavy atom. The van der Waals surface area contributed by atoms with Gasteiger partial charge in [-0.1, -0.05) is 0 Å². The molecule has 2 aliphatic rings. The summed E-state index contributed by atoms with van der Waals surface area (Å²) in [4.78, 5) is 0. The first-order chi connectivity index (χ1) is 19.1. The standard InChI is InChI=1S/C21H25.C13H11.C5H5.2ClH.Zr/c1-20(2,3)16-7-9-18-14(12-16)11-15-13-17(21(4,5)6)8-10-19(15)18;1-3-7-12(8-4-1)11-13-9-5-2-6-10-13;1-2-4-5-3-1;;;/h7-10,12H,11H2,1-6H3;1-11H;1-3H,4H2;2*1H;/q;;;;;+2/p-2. The topological polar surface area (TPSA) is 0 Å². The van der Waals surface area contributed by atoms with Gasteiger partial charge in [0, 0.05) is 0 Å². The van der Waals surface area contributed by atoms with Crippen LogP contribution in [0.3, 0.4) is 0 Å². The first-order valence-corrected chi connectivity index (χ1v) is 18.6. The van der Waals surface area contributed by atoms with E-state index in [1.807, 2.05) is 0 Å².